The Morgan fingerprint density at radius 3 is 2.56 bits per heavy atom. The molecule has 1 aliphatic carbocycles. The summed E-state index contributed by atoms with van der Waals surface area (Å²) in [5.41, 5.74) is 12.3. The summed E-state index contributed by atoms with van der Waals surface area (Å²) >= 11 is 0. The van der Waals surface area contributed by atoms with Gasteiger partial charge in [-0.15, -0.1) is 0 Å². The molecule has 4 aromatic rings. The summed E-state index contributed by atoms with van der Waals surface area (Å²) in [4.78, 5) is 41.0. The third kappa shape index (κ3) is 4.80. The first-order valence-electron chi connectivity index (χ1n) is 16.7. The molecule has 45 heavy (non-hydrogen) atoms. The Hall–Kier alpha value is -3.92. The number of fused-ring (bicyclic) bond motifs is 4. The third-order valence-corrected chi connectivity index (χ3v) is 10.8. The van der Waals surface area contributed by atoms with E-state index in [0.717, 1.165) is 85.5 Å². The van der Waals surface area contributed by atoms with Crippen molar-refractivity contribution in [3.8, 4) is 17.3 Å². The number of aromatic nitrogens is 4. The van der Waals surface area contributed by atoms with Crippen molar-refractivity contribution in [3.05, 3.63) is 47.3 Å². The molecule has 0 aromatic carbocycles. The van der Waals surface area contributed by atoms with Gasteiger partial charge in [-0.3, -0.25) is 14.0 Å². The van der Waals surface area contributed by atoms with Crippen LogP contribution in [-0.4, -0.2) is 78.9 Å². The summed E-state index contributed by atoms with van der Waals surface area (Å²) < 4.78 is 10.2. The van der Waals surface area contributed by atoms with Crippen molar-refractivity contribution in [3.63, 3.8) is 0 Å². The zero-order chi connectivity index (χ0) is 31.0. The topological polar surface area (TPSA) is 111 Å². The molecule has 4 fully saturated rings. The number of ether oxygens (including phenoxy) is 1. The van der Waals surface area contributed by atoms with Crippen LogP contribution in [0.25, 0.3) is 28.1 Å². The molecule has 3 saturated heterocycles. The van der Waals surface area contributed by atoms with E-state index in [2.05, 4.69) is 36.6 Å². The Kier molecular flexibility index (Phi) is 6.89. The number of imidazole rings is 1. The number of nitrogens with zero attached hydrogens (tertiary/aromatic N) is 6. The minimum Gasteiger partial charge on any atom is -0.482 e. The highest BCUT2D eigenvalue weighted by Crippen LogP contribution is 2.40. The van der Waals surface area contributed by atoms with Crippen LogP contribution in [-0.2, 0) is 11.3 Å². The zero-order valence-corrected chi connectivity index (χ0v) is 26.5. The van der Waals surface area contributed by atoms with Gasteiger partial charge in [-0.1, -0.05) is 6.92 Å². The summed E-state index contributed by atoms with van der Waals surface area (Å²) in [5.74, 6) is 1.48. The van der Waals surface area contributed by atoms with Gasteiger partial charge in [-0.2, -0.15) is 0 Å². The number of methoxy groups -OCH3 is 1. The van der Waals surface area contributed by atoms with E-state index in [1.807, 2.05) is 26.3 Å². The third-order valence-electron chi connectivity index (χ3n) is 10.8. The summed E-state index contributed by atoms with van der Waals surface area (Å²) in [7, 11) is 1.64. The van der Waals surface area contributed by atoms with Crippen LogP contribution >= 0.6 is 0 Å². The number of rotatable bonds is 8. The van der Waals surface area contributed by atoms with Crippen LogP contribution in [0.4, 0.5) is 0 Å². The van der Waals surface area contributed by atoms with Gasteiger partial charge in [0.25, 0.3) is 5.91 Å². The van der Waals surface area contributed by atoms with Gasteiger partial charge >= 0.3 is 0 Å². The predicted octanol–water partition coefficient (Wildman–Crippen LogP) is 4.90. The summed E-state index contributed by atoms with van der Waals surface area (Å²) in [6.07, 6.45) is 7.96. The number of likely N-dealkylation sites (tertiary alicyclic amines) is 1. The number of pyridine rings is 2. The molecule has 8 rings (SSSR count). The Morgan fingerprint density at radius 1 is 1.07 bits per heavy atom. The van der Waals surface area contributed by atoms with Crippen LogP contribution in [0.1, 0.15) is 86.0 Å². The lowest BCUT2D eigenvalue weighted by Gasteiger charge is -2.23. The number of carbonyl (C=O) groups is 2. The maximum absolute atomic E-state index is 13.8. The van der Waals surface area contributed by atoms with Crippen LogP contribution in [0.2, 0.25) is 0 Å². The van der Waals surface area contributed by atoms with Gasteiger partial charge in [0.15, 0.2) is 5.88 Å². The number of hydrogen-bond acceptors (Lipinski definition) is 6. The normalized spacial score (nSPS) is 23.5. The van der Waals surface area contributed by atoms with E-state index in [-0.39, 0.29) is 35.9 Å². The van der Waals surface area contributed by atoms with Gasteiger partial charge in [0.1, 0.15) is 17.0 Å². The first kappa shape index (κ1) is 28.5. The molecule has 2 bridgehead atoms. The van der Waals surface area contributed by atoms with E-state index in [9.17, 15) is 9.59 Å². The molecule has 7 heterocycles. The Bertz CT molecular complexity index is 1810. The van der Waals surface area contributed by atoms with Gasteiger partial charge < -0.3 is 24.8 Å². The first-order valence-corrected chi connectivity index (χ1v) is 16.7. The molecule has 2 amide bonds. The Labute approximate surface area is 263 Å². The van der Waals surface area contributed by atoms with Crippen molar-refractivity contribution in [2.24, 2.45) is 11.7 Å². The Balaban J connectivity index is 1.17. The van der Waals surface area contributed by atoms with E-state index in [0.29, 0.717) is 29.4 Å². The minimum atomic E-state index is 0.00959. The van der Waals surface area contributed by atoms with Crippen LogP contribution < -0.4 is 10.5 Å². The van der Waals surface area contributed by atoms with Gasteiger partial charge in [0.05, 0.1) is 18.5 Å². The molecule has 0 radical (unpaired) electrons. The van der Waals surface area contributed by atoms with Crippen LogP contribution in [0.3, 0.4) is 0 Å². The number of amides is 2. The van der Waals surface area contributed by atoms with Crippen LogP contribution in [0.5, 0.6) is 5.88 Å². The molecule has 236 valence electrons. The average molecular weight is 610 g/mol. The predicted molar refractivity (Wildman–Crippen MR) is 172 cm³/mol. The molecule has 10 nitrogen and oxygen atoms in total. The molecular formula is C35H43N7O3. The summed E-state index contributed by atoms with van der Waals surface area (Å²) in [6, 6.07) is 10.5. The fourth-order valence-corrected chi connectivity index (χ4v) is 8.11. The summed E-state index contributed by atoms with van der Waals surface area (Å²) in [6.45, 7) is 6.79. The summed E-state index contributed by atoms with van der Waals surface area (Å²) in [5, 5.41) is 1.06. The van der Waals surface area contributed by atoms with Crippen LogP contribution in [0.15, 0.2) is 30.3 Å². The molecule has 2 N–H and O–H groups in total. The highest BCUT2D eigenvalue weighted by molar-refractivity contribution is 5.97. The first-order chi connectivity index (χ1) is 21.8. The largest absolute Gasteiger partial charge is 0.482 e. The van der Waals surface area contributed by atoms with Crippen molar-refractivity contribution in [2.45, 2.75) is 95.8 Å². The molecule has 0 unspecified atom stereocenters. The smallest absolute Gasteiger partial charge is 0.254 e. The second kappa shape index (κ2) is 10.9. The van der Waals surface area contributed by atoms with E-state index in [1.165, 1.54) is 12.8 Å². The van der Waals surface area contributed by atoms with Crippen molar-refractivity contribution in [1.82, 2.24) is 28.7 Å². The number of nitrogens with two attached hydrogens (primary N) is 1. The van der Waals surface area contributed by atoms with Crippen molar-refractivity contribution in [2.75, 3.05) is 20.2 Å². The molecule has 1 saturated carbocycles. The van der Waals surface area contributed by atoms with E-state index < -0.39 is 0 Å². The van der Waals surface area contributed by atoms with E-state index in [4.69, 9.17) is 20.4 Å². The van der Waals surface area contributed by atoms with Crippen molar-refractivity contribution < 1.29 is 14.3 Å². The number of carbonyl (C=O) groups excluding carboxylic acids is 2. The molecule has 3 aliphatic heterocycles. The second-order valence-electron chi connectivity index (χ2n) is 13.9. The monoisotopic (exact) mass is 609 g/mol. The maximum atomic E-state index is 13.8. The van der Waals surface area contributed by atoms with Gasteiger partial charge in [0.2, 0.25) is 5.91 Å². The molecular weight excluding hydrogens is 566 g/mol. The zero-order valence-electron chi connectivity index (χ0n) is 26.5. The lowest BCUT2D eigenvalue weighted by molar-refractivity contribution is -0.130. The number of hydrogen-bond donors (Lipinski definition) is 1. The average Bonchev–Trinajstić information content (AvgIpc) is 3.46. The molecule has 4 aliphatic rings. The van der Waals surface area contributed by atoms with Gasteiger partial charge in [-0.05, 0) is 82.1 Å². The molecule has 10 heteroatoms. The molecule has 4 atom stereocenters. The highest BCUT2D eigenvalue weighted by Gasteiger charge is 2.47. The van der Waals surface area contributed by atoms with E-state index >= 15 is 0 Å². The Morgan fingerprint density at radius 2 is 1.87 bits per heavy atom. The van der Waals surface area contributed by atoms with Crippen molar-refractivity contribution >= 4 is 28.5 Å². The van der Waals surface area contributed by atoms with Gasteiger partial charge in [0, 0.05) is 72.8 Å². The molecule has 0 spiro atoms. The van der Waals surface area contributed by atoms with E-state index in [1.54, 1.807) is 7.11 Å². The second-order valence-corrected chi connectivity index (χ2v) is 13.9. The standard InChI is InChI=1S/C35H43N7O3/c1-20(14-31(43)39-12-4-5-13-39)27-10-8-23-15-29(40(34(23)37-27)19-22-6-7-22)33-21(2)41-30(38-33)16-24(17-32(41)45-3)35(44)42-25-9-11-28(42)26(36)18-25/h8,10,15-17,20,22,25-26,28H,4-7,9,11-14,18-19,36H2,1-3H3/t20-,25-,26+,28+/m0/s1. The fourth-order valence-electron chi connectivity index (χ4n) is 8.11. The van der Waals surface area contributed by atoms with Crippen molar-refractivity contribution in [1.29, 1.82) is 0 Å². The molecule has 4 aromatic heterocycles. The number of aryl methyl sites for hydroxylation is 1. The SMILES string of the molecule is COc1cc(C(=O)N2[C@H]3CC[C@@H]2[C@H](N)C3)cc2nc(-c3cc4ccc([C@@H](C)CC(=O)N5CCCC5)nc4n3CC3CC3)c(C)n12. The van der Waals surface area contributed by atoms with Crippen LogP contribution in [0, 0.1) is 12.8 Å². The lowest BCUT2D eigenvalue weighted by Crippen LogP contribution is -2.40. The minimum absolute atomic E-state index is 0.00959. The fraction of sp³-hybridized carbons (Fsp3) is 0.543. The maximum Gasteiger partial charge on any atom is 0.254 e. The lowest BCUT2D eigenvalue weighted by atomic mass is 9.97. The highest BCUT2D eigenvalue weighted by atomic mass is 16.5. The quantitative estimate of drug-likeness (QED) is 0.304. The van der Waals surface area contributed by atoms with Gasteiger partial charge in [-0.25, -0.2) is 9.97 Å².